The first-order valence-corrected chi connectivity index (χ1v) is 8.98. The summed E-state index contributed by atoms with van der Waals surface area (Å²) in [6, 6.07) is 12.4. The van der Waals surface area contributed by atoms with E-state index in [1.54, 1.807) is 44.4 Å². The average Bonchev–Trinajstić information content (AvgIpc) is 3.07. The highest BCUT2D eigenvalue weighted by molar-refractivity contribution is 5.97. The number of rotatable bonds is 7. The maximum atomic E-state index is 12.4. The molecule has 2 aromatic carbocycles. The summed E-state index contributed by atoms with van der Waals surface area (Å²) in [7, 11) is 4.71. The Morgan fingerprint density at radius 3 is 2.39 bits per heavy atom. The second-order valence-electron chi connectivity index (χ2n) is 6.54. The Bertz CT molecular complexity index is 850. The number of nitrogens with one attached hydrogen (secondary N) is 1. The van der Waals surface area contributed by atoms with Crippen LogP contribution in [0.5, 0.6) is 17.2 Å². The lowest BCUT2D eigenvalue weighted by Gasteiger charge is -2.19. The van der Waals surface area contributed by atoms with Crippen LogP contribution in [0.1, 0.15) is 12.0 Å². The van der Waals surface area contributed by atoms with Crippen molar-refractivity contribution in [2.75, 3.05) is 32.8 Å². The molecule has 1 N–H and O–H groups in total. The maximum Gasteiger partial charge on any atom is 0.229 e. The van der Waals surface area contributed by atoms with E-state index < -0.39 is 0 Å². The quantitative estimate of drug-likeness (QED) is 0.792. The highest BCUT2D eigenvalue weighted by Gasteiger charge is 2.32. The van der Waals surface area contributed by atoms with Crippen LogP contribution in [0.4, 0.5) is 5.69 Å². The zero-order chi connectivity index (χ0) is 20.1. The van der Waals surface area contributed by atoms with Crippen molar-refractivity contribution in [1.29, 1.82) is 0 Å². The van der Waals surface area contributed by atoms with Crippen LogP contribution in [0.25, 0.3) is 0 Å². The van der Waals surface area contributed by atoms with Gasteiger partial charge < -0.3 is 24.4 Å². The fraction of sp³-hybridized carbons (Fsp3) is 0.333. The molecule has 0 saturated carbocycles. The van der Waals surface area contributed by atoms with Crippen LogP contribution in [0.3, 0.4) is 0 Å². The molecule has 1 aliphatic rings. The largest absolute Gasteiger partial charge is 0.497 e. The van der Waals surface area contributed by atoms with Crippen molar-refractivity contribution in [3.05, 3.63) is 48.0 Å². The van der Waals surface area contributed by atoms with Gasteiger partial charge in [-0.25, -0.2) is 0 Å². The molecule has 0 unspecified atom stereocenters. The van der Waals surface area contributed by atoms with Gasteiger partial charge in [-0.3, -0.25) is 9.59 Å². The molecule has 1 atom stereocenters. The zero-order valence-corrected chi connectivity index (χ0v) is 16.2. The molecule has 7 heteroatoms. The number of ether oxygens (including phenoxy) is 3. The first kappa shape index (κ1) is 19.5. The van der Waals surface area contributed by atoms with E-state index in [0.29, 0.717) is 18.0 Å². The molecule has 1 fully saturated rings. The molecular weight excluding hydrogens is 360 g/mol. The van der Waals surface area contributed by atoms with Crippen LogP contribution in [-0.2, 0) is 16.0 Å². The van der Waals surface area contributed by atoms with Gasteiger partial charge in [-0.15, -0.1) is 0 Å². The fourth-order valence-corrected chi connectivity index (χ4v) is 3.25. The van der Waals surface area contributed by atoms with Crippen LogP contribution in [0.2, 0.25) is 0 Å². The van der Waals surface area contributed by atoms with Gasteiger partial charge in [0.2, 0.25) is 11.8 Å². The van der Waals surface area contributed by atoms with Crippen LogP contribution in [0.15, 0.2) is 42.5 Å². The molecule has 2 amide bonds. The predicted octanol–water partition coefficient (Wildman–Crippen LogP) is 2.18. The van der Waals surface area contributed by atoms with Crippen LogP contribution < -0.4 is 24.4 Å². The second kappa shape index (κ2) is 8.65. The SMILES string of the molecule is COc1ccc(CC(=O)N[C@H]2CC(=O)N(c3ccc(OC)c(OC)c3)C2)cc1. The molecule has 0 aliphatic carbocycles. The Morgan fingerprint density at radius 1 is 1.04 bits per heavy atom. The Hall–Kier alpha value is -3.22. The number of benzene rings is 2. The van der Waals surface area contributed by atoms with Crippen molar-refractivity contribution in [1.82, 2.24) is 5.32 Å². The van der Waals surface area contributed by atoms with Crippen molar-refractivity contribution in [2.24, 2.45) is 0 Å². The van der Waals surface area contributed by atoms with E-state index in [2.05, 4.69) is 5.32 Å². The van der Waals surface area contributed by atoms with Crippen molar-refractivity contribution in [3.63, 3.8) is 0 Å². The van der Waals surface area contributed by atoms with Gasteiger partial charge in [0.15, 0.2) is 11.5 Å². The van der Waals surface area contributed by atoms with Gasteiger partial charge in [0.1, 0.15) is 5.75 Å². The smallest absolute Gasteiger partial charge is 0.229 e. The third-order valence-electron chi connectivity index (χ3n) is 4.69. The first-order valence-electron chi connectivity index (χ1n) is 8.98. The van der Waals surface area contributed by atoms with Crippen molar-refractivity contribution in [3.8, 4) is 17.2 Å². The number of carbonyl (C=O) groups excluding carboxylic acids is 2. The van der Waals surface area contributed by atoms with E-state index in [1.807, 2.05) is 24.3 Å². The van der Waals surface area contributed by atoms with Crippen LogP contribution >= 0.6 is 0 Å². The standard InChI is InChI=1S/C21H24N2O5/c1-26-17-7-4-14(5-8-17)10-20(24)22-15-11-21(25)23(13-15)16-6-9-18(27-2)19(12-16)28-3/h4-9,12,15H,10-11,13H2,1-3H3,(H,22,24)/t15-/m0/s1. The highest BCUT2D eigenvalue weighted by atomic mass is 16.5. The number of methoxy groups -OCH3 is 3. The molecule has 1 heterocycles. The highest BCUT2D eigenvalue weighted by Crippen LogP contribution is 2.33. The zero-order valence-electron chi connectivity index (χ0n) is 16.2. The van der Waals surface area contributed by atoms with E-state index in [9.17, 15) is 9.59 Å². The Balaban J connectivity index is 1.61. The van der Waals surface area contributed by atoms with Gasteiger partial charge in [0.25, 0.3) is 0 Å². The Morgan fingerprint density at radius 2 is 1.75 bits per heavy atom. The molecule has 0 aromatic heterocycles. The normalized spacial score (nSPS) is 16.0. The predicted molar refractivity (Wildman–Crippen MR) is 105 cm³/mol. The molecule has 0 bridgehead atoms. The maximum absolute atomic E-state index is 12.4. The molecule has 2 aromatic rings. The number of amides is 2. The van der Waals surface area contributed by atoms with Crippen molar-refractivity contribution in [2.45, 2.75) is 18.9 Å². The summed E-state index contributed by atoms with van der Waals surface area (Å²) >= 11 is 0. The van der Waals surface area contributed by atoms with Gasteiger partial charge in [0, 0.05) is 24.7 Å². The first-order chi connectivity index (χ1) is 13.5. The summed E-state index contributed by atoms with van der Waals surface area (Å²) < 4.78 is 15.7. The van der Waals surface area contributed by atoms with E-state index in [-0.39, 0.29) is 30.7 Å². The fourth-order valence-electron chi connectivity index (χ4n) is 3.25. The minimum Gasteiger partial charge on any atom is -0.497 e. The topological polar surface area (TPSA) is 77.1 Å². The molecule has 3 rings (SSSR count). The number of hydrogen-bond donors (Lipinski definition) is 1. The van der Waals surface area contributed by atoms with Gasteiger partial charge >= 0.3 is 0 Å². The Labute approximate surface area is 164 Å². The van der Waals surface area contributed by atoms with Gasteiger partial charge in [-0.2, -0.15) is 0 Å². The third kappa shape index (κ3) is 4.36. The van der Waals surface area contributed by atoms with Crippen LogP contribution in [-0.4, -0.2) is 45.7 Å². The van der Waals surface area contributed by atoms with Gasteiger partial charge in [-0.05, 0) is 29.8 Å². The summed E-state index contributed by atoms with van der Waals surface area (Å²) in [5.74, 6) is 1.75. The monoisotopic (exact) mass is 384 g/mol. The molecular formula is C21H24N2O5. The van der Waals surface area contributed by atoms with Crippen LogP contribution in [0, 0.1) is 0 Å². The molecule has 1 aliphatic heterocycles. The molecule has 7 nitrogen and oxygen atoms in total. The Kier molecular flexibility index (Phi) is 6.03. The summed E-state index contributed by atoms with van der Waals surface area (Å²) in [6.45, 7) is 0.419. The summed E-state index contributed by atoms with van der Waals surface area (Å²) in [4.78, 5) is 26.4. The number of hydrogen-bond acceptors (Lipinski definition) is 5. The van der Waals surface area contributed by atoms with Crippen molar-refractivity contribution >= 4 is 17.5 Å². The van der Waals surface area contributed by atoms with Crippen molar-refractivity contribution < 1.29 is 23.8 Å². The average molecular weight is 384 g/mol. The number of nitrogens with zero attached hydrogens (tertiary/aromatic N) is 1. The van der Waals surface area contributed by atoms with E-state index in [0.717, 1.165) is 17.0 Å². The van der Waals surface area contributed by atoms with Gasteiger partial charge in [-0.1, -0.05) is 12.1 Å². The van der Waals surface area contributed by atoms with E-state index in [1.165, 1.54) is 0 Å². The molecule has 0 spiro atoms. The number of anilines is 1. The van der Waals surface area contributed by atoms with Gasteiger partial charge in [0.05, 0.1) is 33.8 Å². The third-order valence-corrected chi connectivity index (χ3v) is 4.69. The molecule has 148 valence electrons. The minimum absolute atomic E-state index is 0.0398. The van der Waals surface area contributed by atoms with E-state index in [4.69, 9.17) is 14.2 Å². The lowest BCUT2D eigenvalue weighted by atomic mass is 10.1. The molecule has 1 saturated heterocycles. The lowest BCUT2D eigenvalue weighted by Crippen LogP contribution is -2.38. The number of carbonyl (C=O) groups is 2. The molecule has 0 radical (unpaired) electrons. The summed E-state index contributed by atoms with van der Waals surface area (Å²) in [5, 5.41) is 2.95. The second-order valence-corrected chi connectivity index (χ2v) is 6.54. The lowest BCUT2D eigenvalue weighted by molar-refractivity contribution is -0.121. The molecule has 28 heavy (non-hydrogen) atoms. The minimum atomic E-state index is -0.230. The van der Waals surface area contributed by atoms with E-state index >= 15 is 0 Å². The summed E-state index contributed by atoms with van der Waals surface area (Å²) in [5.41, 5.74) is 1.61. The summed E-state index contributed by atoms with van der Waals surface area (Å²) in [6.07, 6.45) is 0.522.